The average molecular weight is 481 g/mol. The smallest absolute Gasteiger partial charge is 0.353 e. The standard InChI is InChI=1S/C30H24O4S/c1-2-26(22-7-4-3-5-8-22)29(23-13-10-21(11-14-23)12-19-28(31)32)24-15-17-25(18-16-24)34-30(33)27-9-6-20-35-27/h3-20H,2H2,1H3,(H,31,32)/b19-12+,29-26-. The van der Waals surface area contributed by atoms with Crippen molar-refractivity contribution >= 4 is 40.5 Å². The molecule has 1 aromatic heterocycles. The molecule has 0 amide bonds. The highest BCUT2D eigenvalue weighted by Gasteiger charge is 2.14. The SMILES string of the molecule is CC/C(=C(\c1ccc(/C=C/C(=O)O)cc1)c1ccc(OC(=O)c2cccs2)cc1)c1ccccc1. The van der Waals surface area contributed by atoms with Gasteiger partial charge in [-0.2, -0.15) is 0 Å². The summed E-state index contributed by atoms with van der Waals surface area (Å²) in [4.78, 5) is 23.7. The number of carbonyl (C=O) groups is 2. The largest absolute Gasteiger partial charge is 0.478 e. The summed E-state index contributed by atoms with van der Waals surface area (Å²) in [7, 11) is 0. The number of ether oxygens (including phenoxy) is 1. The van der Waals surface area contributed by atoms with E-state index in [9.17, 15) is 9.59 Å². The Morgan fingerprint density at radius 1 is 0.829 bits per heavy atom. The van der Waals surface area contributed by atoms with Gasteiger partial charge in [-0.25, -0.2) is 9.59 Å². The Bertz CT molecular complexity index is 1350. The lowest BCUT2D eigenvalue weighted by molar-refractivity contribution is -0.131. The fourth-order valence-corrected chi connectivity index (χ4v) is 4.45. The zero-order valence-corrected chi connectivity index (χ0v) is 20.0. The molecule has 174 valence electrons. The Morgan fingerprint density at radius 3 is 2.06 bits per heavy atom. The molecule has 35 heavy (non-hydrogen) atoms. The highest BCUT2D eigenvalue weighted by atomic mass is 32.1. The summed E-state index contributed by atoms with van der Waals surface area (Å²) in [5, 5.41) is 10.7. The monoisotopic (exact) mass is 480 g/mol. The first-order valence-corrected chi connectivity index (χ1v) is 12.1. The molecule has 4 nitrogen and oxygen atoms in total. The lowest BCUT2D eigenvalue weighted by Crippen LogP contribution is -2.06. The van der Waals surface area contributed by atoms with Crippen molar-refractivity contribution in [2.45, 2.75) is 13.3 Å². The first-order valence-electron chi connectivity index (χ1n) is 11.2. The van der Waals surface area contributed by atoms with Crippen LogP contribution < -0.4 is 4.74 Å². The van der Waals surface area contributed by atoms with E-state index in [4.69, 9.17) is 9.84 Å². The van der Waals surface area contributed by atoms with E-state index in [1.165, 1.54) is 16.9 Å². The molecule has 5 heteroatoms. The molecule has 0 spiro atoms. The van der Waals surface area contributed by atoms with E-state index >= 15 is 0 Å². The van der Waals surface area contributed by atoms with Gasteiger partial charge in [0.2, 0.25) is 0 Å². The minimum absolute atomic E-state index is 0.368. The van der Waals surface area contributed by atoms with Crippen LogP contribution in [0.3, 0.4) is 0 Å². The molecule has 0 aliphatic carbocycles. The topological polar surface area (TPSA) is 63.6 Å². The maximum atomic E-state index is 12.3. The first-order chi connectivity index (χ1) is 17.0. The lowest BCUT2D eigenvalue weighted by atomic mass is 9.88. The van der Waals surface area contributed by atoms with Crippen LogP contribution in [-0.2, 0) is 4.79 Å². The molecule has 0 saturated carbocycles. The van der Waals surface area contributed by atoms with Crippen molar-refractivity contribution in [2.24, 2.45) is 0 Å². The molecule has 0 aliphatic rings. The van der Waals surface area contributed by atoms with E-state index in [-0.39, 0.29) is 5.97 Å². The number of carboxylic acids is 1. The maximum Gasteiger partial charge on any atom is 0.353 e. The van der Waals surface area contributed by atoms with Crippen molar-refractivity contribution in [3.8, 4) is 5.75 Å². The van der Waals surface area contributed by atoms with Crippen molar-refractivity contribution in [1.29, 1.82) is 0 Å². The van der Waals surface area contributed by atoms with Crippen LogP contribution in [0.4, 0.5) is 0 Å². The van der Waals surface area contributed by atoms with Crippen LogP contribution in [0.25, 0.3) is 17.2 Å². The van der Waals surface area contributed by atoms with Gasteiger partial charge in [-0.3, -0.25) is 0 Å². The molecule has 0 saturated heterocycles. The number of esters is 1. The second-order valence-corrected chi connectivity index (χ2v) is 8.71. The average Bonchev–Trinajstić information content (AvgIpc) is 3.43. The van der Waals surface area contributed by atoms with Gasteiger partial charge in [-0.15, -0.1) is 11.3 Å². The minimum atomic E-state index is -0.980. The van der Waals surface area contributed by atoms with Crippen LogP contribution >= 0.6 is 11.3 Å². The molecular weight excluding hydrogens is 456 g/mol. The van der Waals surface area contributed by atoms with E-state index in [0.717, 1.165) is 40.3 Å². The van der Waals surface area contributed by atoms with Crippen LogP contribution in [0.2, 0.25) is 0 Å². The zero-order chi connectivity index (χ0) is 24.6. The summed E-state index contributed by atoms with van der Waals surface area (Å²) in [6.45, 7) is 2.13. The fraction of sp³-hybridized carbons (Fsp3) is 0.0667. The number of hydrogen-bond donors (Lipinski definition) is 1. The molecule has 4 rings (SSSR count). The minimum Gasteiger partial charge on any atom is -0.478 e. The van der Waals surface area contributed by atoms with Crippen LogP contribution in [0.1, 0.15) is 45.3 Å². The summed E-state index contributed by atoms with van der Waals surface area (Å²) in [5.41, 5.74) is 6.21. The summed E-state index contributed by atoms with van der Waals surface area (Å²) < 4.78 is 5.53. The first kappa shape index (κ1) is 23.9. The van der Waals surface area contributed by atoms with Crippen LogP contribution in [0.15, 0.2) is 102 Å². The van der Waals surface area contributed by atoms with Crippen molar-refractivity contribution in [3.63, 3.8) is 0 Å². The number of carboxylic acid groups (broad SMARTS) is 1. The number of aliphatic carboxylic acids is 1. The zero-order valence-electron chi connectivity index (χ0n) is 19.2. The number of benzene rings is 3. The molecule has 1 heterocycles. The van der Waals surface area contributed by atoms with Gasteiger partial charge in [0.25, 0.3) is 0 Å². The van der Waals surface area contributed by atoms with E-state index in [1.807, 2.05) is 78.2 Å². The van der Waals surface area contributed by atoms with Crippen LogP contribution in [-0.4, -0.2) is 17.0 Å². The molecule has 3 aromatic carbocycles. The molecule has 0 atom stereocenters. The van der Waals surface area contributed by atoms with Crippen molar-refractivity contribution in [2.75, 3.05) is 0 Å². The molecular formula is C30H24O4S. The predicted molar refractivity (Wildman–Crippen MR) is 141 cm³/mol. The fourth-order valence-electron chi connectivity index (χ4n) is 3.85. The van der Waals surface area contributed by atoms with Crippen molar-refractivity contribution in [3.05, 3.63) is 130 Å². The van der Waals surface area contributed by atoms with Gasteiger partial charge in [0, 0.05) is 6.08 Å². The number of allylic oxidation sites excluding steroid dienone is 1. The number of carbonyl (C=O) groups excluding carboxylic acids is 1. The highest BCUT2D eigenvalue weighted by molar-refractivity contribution is 7.12. The lowest BCUT2D eigenvalue weighted by Gasteiger charge is -2.17. The third-order valence-electron chi connectivity index (χ3n) is 5.47. The van der Waals surface area contributed by atoms with E-state index in [1.54, 1.807) is 12.1 Å². The van der Waals surface area contributed by atoms with E-state index in [2.05, 4.69) is 19.1 Å². The molecule has 1 N–H and O–H groups in total. The second kappa shape index (κ2) is 11.3. The van der Waals surface area contributed by atoms with Crippen molar-refractivity contribution < 1.29 is 19.4 Å². The van der Waals surface area contributed by atoms with Gasteiger partial charge in [-0.05, 0) is 69.5 Å². The Kier molecular flexibility index (Phi) is 7.70. The Balaban J connectivity index is 1.73. The number of thiophene rings is 1. The second-order valence-electron chi connectivity index (χ2n) is 7.76. The maximum absolute atomic E-state index is 12.3. The third kappa shape index (κ3) is 6.02. The third-order valence-corrected chi connectivity index (χ3v) is 6.32. The molecule has 0 fully saturated rings. The van der Waals surface area contributed by atoms with E-state index < -0.39 is 5.97 Å². The van der Waals surface area contributed by atoms with Gasteiger partial charge in [0.05, 0.1) is 0 Å². The summed E-state index contributed by atoms with van der Waals surface area (Å²) in [6.07, 6.45) is 3.52. The van der Waals surface area contributed by atoms with Gasteiger partial charge < -0.3 is 9.84 Å². The summed E-state index contributed by atoms with van der Waals surface area (Å²) in [5.74, 6) is -0.864. The van der Waals surface area contributed by atoms with Crippen LogP contribution in [0, 0.1) is 0 Å². The molecule has 0 unspecified atom stereocenters. The Hall–Kier alpha value is -4.22. The quantitative estimate of drug-likeness (QED) is 0.123. The molecule has 4 aromatic rings. The Labute approximate surface area is 208 Å². The highest BCUT2D eigenvalue weighted by Crippen LogP contribution is 2.35. The van der Waals surface area contributed by atoms with Gasteiger partial charge in [0.15, 0.2) is 0 Å². The number of hydrogen-bond acceptors (Lipinski definition) is 4. The normalized spacial score (nSPS) is 11.8. The van der Waals surface area contributed by atoms with E-state index in [0.29, 0.717) is 10.6 Å². The van der Waals surface area contributed by atoms with Gasteiger partial charge >= 0.3 is 11.9 Å². The van der Waals surface area contributed by atoms with Gasteiger partial charge in [-0.1, -0.05) is 79.7 Å². The Morgan fingerprint density at radius 2 is 1.49 bits per heavy atom. The predicted octanol–water partition coefficient (Wildman–Crippen LogP) is 7.43. The number of rotatable bonds is 8. The molecule has 0 aliphatic heterocycles. The van der Waals surface area contributed by atoms with Crippen molar-refractivity contribution in [1.82, 2.24) is 0 Å². The summed E-state index contributed by atoms with van der Waals surface area (Å²) in [6, 6.07) is 29.2. The summed E-state index contributed by atoms with van der Waals surface area (Å²) >= 11 is 1.35. The molecule has 0 radical (unpaired) electrons. The molecule has 0 bridgehead atoms. The van der Waals surface area contributed by atoms with Crippen LogP contribution in [0.5, 0.6) is 5.75 Å². The van der Waals surface area contributed by atoms with Gasteiger partial charge in [0.1, 0.15) is 10.6 Å².